The Morgan fingerprint density at radius 3 is 2.83 bits per heavy atom. The van der Waals surface area contributed by atoms with E-state index in [1.54, 1.807) is 18.2 Å². The van der Waals surface area contributed by atoms with Crippen molar-refractivity contribution in [3.63, 3.8) is 0 Å². The minimum Gasteiger partial charge on any atom is -0.493 e. The fourth-order valence-corrected chi connectivity index (χ4v) is 2.60. The Balaban J connectivity index is 2.24. The summed E-state index contributed by atoms with van der Waals surface area (Å²) in [5, 5.41) is 3.52. The third kappa shape index (κ3) is 4.72. The molecule has 0 bridgehead atoms. The maximum Gasteiger partial charge on any atom is 0.259 e. The van der Waals surface area contributed by atoms with Crippen LogP contribution in [0.25, 0.3) is 0 Å². The second kappa shape index (κ2) is 8.37. The molecule has 0 aliphatic heterocycles. The second-order valence-electron chi connectivity index (χ2n) is 5.21. The Kier molecular flexibility index (Phi) is 6.48. The van der Waals surface area contributed by atoms with Crippen LogP contribution < -0.4 is 10.1 Å². The molecule has 23 heavy (non-hydrogen) atoms. The van der Waals surface area contributed by atoms with Gasteiger partial charge in [0.1, 0.15) is 5.75 Å². The molecule has 0 atom stereocenters. The summed E-state index contributed by atoms with van der Waals surface area (Å²) < 4.78 is 6.56. The van der Waals surface area contributed by atoms with E-state index < -0.39 is 0 Å². The van der Waals surface area contributed by atoms with Crippen LogP contribution in [0.2, 0.25) is 5.02 Å². The monoisotopic (exact) mass is 395 g/mol. The predicted molar refractivity (Wildman–Crippen MR) is 98.7 cm³/mol. The molecule has 1 amide bonds. The molecule has 0 spiro atoms. The summed E-state index contributed by atoms with van der Waals surface area (Å²) in [5.74, 6) is 0.363. The lowest BCUT2D eigenvalue weighted by molar-refractivity contribution is 0.102. The first-order valence-corrected chi connectivity index (χ1v) is 8.69. The van der Waals surface area contributed by atoms with Crippen molar-refractivity contribution in [2.24, 2.45) is 0 Å². The number of hydrogen-bond donors (Lipinski definition) is 1. The molecule has 2 rings (SSSR count). The molecule has 5 heteroatoms. The highest BCUT2D eigenvalue weighted by atomic mass is 79.9. The van der Waals surface area contributed by atoms with Crippen LogP contribution in [0.5, 0.6) is 5.75 Å². The van der Waals surface area contributed by atoms with Gasteiger partial charge in [0.05, 0.1) is 12.2 Å². The number of nitrogens with one attached hydrogen (secondary N) is 1. The van der Waals surface area contributed by atoms with E-state index in [1.165, 1.54) is 0 Å². The molecule has 0 saturated heterocycles. The molecular formula is C18H19BrClNO2. The summed E-state index contributed by atoms with van der Waals surface area (Å²) in [7, 11) is 0. The smallest absolute Gasteiger partial charge is 0.259 e. The lowest BCUT2D eigenvalue weighted by Gasteiger charge is -2.13. The van der Waals surface area contributed by atoms with E-state index in [4.69, 9.17) is 16.3 Å². The van der Waals surface area contributed by atoms with Gasteiger partial charge in [-0.1, -0.05) is 46.9 Å². The van der Waals surface area contributed by atoms with Crippen molar-refractivity contribution < 1.29 is 9.53 Å². The average molecular weight is 397 g/mol. The summed E-state index contributed by atoms with van der Waals surface area (Å²) in [6.07, 6.45) is 1.99. The number of unbranched alkanes of at least 4 members (excludes halogenated alkanes) is 1. The zero-order valence-corrected chi connectivity index (χ0v) is 15.5. The van der Waals surface area contributed by atoms with Crippen molar-refractivity contribution in [1.82, 2.24) is 0 Å². The molecule has 0 fully saturated rings. The predicted octanol–water partition coefficient (Wildman–Crippen LogP) is 5.84. The quantitative estimate of drug-likeness (QED) is 0.623. The van der Waals surface area contributed by atoms with Gasteiger partial charge in [0, 0.05) is 15.2 Å². The van der Waals surface area contributed by atoms with Gasteiger partial charge in [0.15, 0.2) is 0 Å². The Hall–Kier alpha value is -1.52. The van der Waals surface area contributed by atoms with Crippen molar-refractivity contribution in [3.05, 3.63) is 57.0 Å². The number of rotatable bonds is 6. The van der Waals surface area contributed by atoms with E-state index in [-0.39, 0.29) is 5.91 Å². The Labute approximate surface area is 150 Å². The number of carbonyl (C=O) groups is 1. The highest BCUT2D eigenvalue weighted by Crippen LogP contribution is 2.27. The van der Waals surface area contributed by atoms with Crippen LogP contribution in [-0.2, 0) is 0 Å². The van der Waals surface area contributed by atoms with E-state index >= 15 is 0 Å². The number of carbonyl (C=O) groups excluding carboxylic acids is 1. The van der Waals surface area contributed by atoms with Crippen molar-refractivity contribution in [2.45, 2.75) is 26.7 Å². The molecule has 0 aromatic heterocycles. The molecule has 0 radical (unpaired) electrons. The van der Waals surface area contributed by atoms with Gasteiger partial charge >= 0.3 is 0 Å². The lowest BCUT2D eigenvalue weighted by Crippen LogP contribution is -2.15. The maximum absolute atomic E-state index is 12.6. The summed E-state index contributed by atoms with van der Waals surface area (Å²) in [5.41, 5.74) is 2.03. The highest BCUT2D eigenvalue weighted by Gasteiger charge is 2.15. The van der Waals surface area contributed by atoms with Crippen LogP contribution in [0.1, 0.15) is 35.7 Å². The fraction of sp³-hybridized carbons (Fsp3) is 0.278. The molecule has 0 saturated carbocycles. The first-order valence-electron chi connectivity index (χ1n) is 7.51. The van der Waals surface area contributed by atoms with Crippen molar-refractivity contribution in [3.8, 4) is 5.75 Å². The molecular weight excluding hydrogens is 378 g/mol. The van der Waals surface area contributed by atoms with Gasteiger partial charge in [-0.2, -0.15) is 0 Å². The molecule has 2 aromatic carbocycles. The average Bonchev–Trinajstić information content (AvgIpc) is 2.53. The van der Waals surface area contributed by atoms with Gasteiger partial charge in [-0.15, -0.1) is 0 Å². The van der Waals surface area contributed by atoms with Gasteiger partial charge in [-0.3, -0.25) is 4.79 Å². The number of hydrogen-bond acceptors (Lipinski definition) is 2. The van der Waals surface area contributed by atoms with Crippen molar-refractivity contribution in [2.75, 3.05) is 11.9 Å². The number of ether oxygens (including phenoxy) is 1. The highest BCUT2D eigenvalue weighted by molar-refractivity contribution is 9.10. The zero-order chi connectivity index (χ0) is 16.8. The molecule has 0 unspecified atom stereocenters. The molecule has 122 valence electrons. The lowest BCUT2D eigenvalue weighted by atomic mass is 10.1. The van der Waals surface area contributed by atoms with Gasteiger partial charge in [-0.25, -0.2) is 0 Å². The SMILES string of the molecule is CCCCOc1ccc(Br)cc1C(=O)Nc1cccc(Cl)c1C. The molecule has 2 aromatic rings. The third-order valence-corrected chi connectivity index (χ3v) is 4.36. The largest absolute Gasteiger partial charge is 0.493 e. The molecule has 1 N–H and O–H groups in total. The van der Waals surface area contributed by atoms with Crippen molar-refractivity contribution >= 4 is 39.1 Å². The van der Waals surface area contributed by atoms with Crippen molar-refractivity contribution in [1.29, 1.82) is 0 Å². The number of anilines is 1. The van der Waals surface area contributed by atoms with Gasteiger partial charge in [-0.05, 0) is 49.2 Å². The fourth-order valence-electron chi connectivity index (χ4n) is 2.06. The van der Waals surface area contributed by atoms with Gasteiger partial charge < -0.3 is 10.1 Å². The van der Waals surface area contributed by atoms with Crippen LogP contribution in [0, 0.1) is 6.92 Å². The molecule has 0 heterocycles. The topological polar surface area (TPSA) is 38.3 Å². The van der Waals surface area contributed by atoms with E-state index in [1.807, 2.05) is 25.1 Å². The van der Waals surface area contributed by atoms with Crippen LogP contribution in [-0.4, -0.2) is 12.5 Å². The van der Waals surface area contributed by atoms with Crippen LogP contribution in [0.3, 0.4) is 0 Å². The molecule has 3 nitrogen and oxygen atoms in total. The number of benzene rings is 2. The normalized spacial score (nSPS) is 10.4. The second-order valence-corrected chi connectivity index (χ2v) is 6.53. The first-order chi connectivity index (χ1) is 11.0. The van der Waals surface area contributed by atoms with E-state index in [0.717, 1.165) is 22.9 Å². The van der Waals surface area contributed by atoms with Crippen LogP contribution >= 0.6 is 27.5 Å². The summed E-state index contributed by atoms with van der Waals surface area (Å²) >= 11 is 9.50. The summed E-state index contributed by atoms with van der Waals surface area (Å²) in [4.78, 5) is 12.6. The third-order valence-electron chi connectivity index (χ3n) is 3.46. The minimum absolute atomic E-state index is 0.219. The van der Waals surface area contributed by atoms with E-state index in [2.05, 4.69) is 28.2 Å². The van der Waals surface area contributed by atoms with Crippen LogP contribution in [0.4, 0.5) is 5.69 Å². The number of amides is 1. The Bertz CT molecular complexity index is 703. The molecule has 0 aliphatic rings. The van der Waals surface area contributed by atoms with Gasteiger partial charge in [0.25, 0.3) is 5.91 Å². The first kappa shape index (κ1) is 17.8. The van der Waals surface area contributed by atoms with Crippen LogP contribution in [0.15, 0.2) is 40.9 Å². The minimum atomic E-state index is -0.219. The maximum atomic E-state index is 12.6. The Morgan fingerprint density at radius 1 is 1.30 bits per heavy atom. The summed E-state index contributed by atoms with van der Waals surface area (Å²) in [6, 6.07) is 10.9. The van der Waals surface area contributed by atoms with E-state index in [9.17, 15) is 4.79 Å². The van der Waals surface area contributed by atoms with Gasteiger partial charge in [0.2, 0.25) is 0 Å². The van der Waals surface area contributed by atoms with E-state index in [0.29, 0.717) is 28.6 Å². The standard InChI is InChI=1S/C18H19BrClNO2/c1-3-4-10-23-17-9-8-13(19)11-14(17)18(22)21-16-7-5-6-15(20)12(16)2/h5-9,11H,3-4,10H2,1-2H3,(H,21,22). The summed E-state index contributed by atoms with van der Waals surface area (Å²) in [6.45, 7) is 4.56. The molecule has 0 aliphatic carbocycles. The Morgan fingerprint density at radius 2 is 2.09 bits per heavy atom. The zero-order valence-electron chi connectivity index (χ0n) is 13.2. The number of halogens is 2.